The van der Waals surface area contributed by atoms with Gasteiger partial charge in [-0.15, -0.1) is 0 Å². The second kappa shape index (κ2) is 12.6. The van der Waals surface area contributed by atoms with Gasteiger partial charge in [0.05, 0.1) is 27.0 Å². The van der Waals surface area contributed by atoms with Crippen LogP contribution in [0.2, 0.25) is 0 Å². The molecule has 5 rings (SSSR count). The fourth-order valence-electron chi connectivity index (χ4n) is 5.42. The number of anilines is 2. The van der Waals surface area contributed by atoms with Gasteiger partial charge in [0.1, 0.15) is 17.2 Å². The van der Waals surface area contributed by atoms with Crippen molar-refractivity contribution in [2.45, 2.75) is 6.92 Å². The number of para-hydroxylation sites is 1. The molecule has 2 saturated heterocycles. The summed E-state index contributed by atoms with van der Waals surface area (Å²) in [6.07, 6.45) is 1.62. The fraction of sp³-hybridized carbons (Fsp3) is 0.433. The first kappa shape index (κ1) is 28.4. The number of piperazine rings is 2. The Balaban J connectivity index is 1.49. The van der Waals surface area contributed by atoms with E-state index in [2.05, 4.69) is 21.7 Å². The number of hydrogen-bond acceptors (Lipinski definition) is 9. The lowest BCUT2D eigenvalue weighted by molar-refractivity contribution is 0.0643. The molecule has 0 aliphatic carbocycles. The summed E-state index contributed by atoms with van der Waals surface area (Å²) >= 11 is 0. The molecular formula is C30H37FN6O4. The molecule has 1 aromatic heterocycles. The van der Waals surface area contributed by atoms with Crippen molar-refractivity contribution in [1.82, 2.24) is 19.8 Å². The summed E-state index contributed by atoms with van der Waals surface area (Å²) in [6, 6.07) is 10.4. The van der Waals surface area contributed by atoms with Crippen LogP contribution in [0.1, 0.15) is 17.3 Å². The van der Waals surface area contributed by atoms with Crippen molar-refractivity contribution in [2.24, 2.45) is 0 Å². The molecule has 2 aromatic carbocycles. The zero-order valence-corrected chi connectivity index (χ0v) is 24.1. The first-order valence-corrected chi connectivity index (χ1v) is 13.9. The van der Waals surface area contributed by atoms with E-state index in [9.17, 15) is 9.18 Å². The van der Waals surface area contributed by atoms with Crippen molar-refractivity contribution in [1.29, 1.82) is 0 Å². The standard InChI is InChI=1S/C30H37FN6O4/c1-5-34-10-12-37(13-11-34)30(38)22-20-32-28(21-18-25(39-2)27(41-4)26(19-21)40-3)33-29(22)36-16-14-35(15-17-36)24-9-7-6-8-23(24)31/h6-9,18-20H,5,10-17H2,1-4H3. The van der Waals surface area contributed by atoms with E-state index >= 15 is 0 Å². The highest BCUT2D eigenvalue weighted by molar-refractivity contribution is 5.99. The topological polar surface area (TPSA) is 83.5 Å². The van der Waals surface area contributed by atoms with Crippen LogP contribution in [-0.2, 0) is 0 Å². The fourth-order valence-corrected chi connectivity index (χ4v) is 5.42. The Morgan fingerprint density at radius 2 is 1.51 bits per heavy atom. The molecule has 0 saturated carbocycles. The lowest BCUT2D eigenvalue weighted by Gasteiger charge is -2.38. The summed E-state index contributed by atoms with van der Waals surface area (Å²) in [5, 5.41) is 0. The molecule has 3 aromatic rings. The molecule has 41 heavy (non-hydrogen) atoms. The molecule has 0 bridgehead atoms. The van der Waals surface area contributed by atoms with Gasteiger partial charge in [-0.05, 0) is 30.8 Å². The average molecular weight is 565 g/mol. The number of likely N-dealkylation sites (N-methyl/N-ethyl adjacent to an activating group) is 1. The Morgan fingerprint density at radius 1 is 0.878 bits per heavy atom. The van der Waals surface area contributed by atoms with Gasteiger partial charge in [-0.3, -0.25) is 4.79 Å². The first-order valence-electron chi connectivity index (χ1n) is 13.9. The minimum Gasteiger partial charge on any atom is -0.493 e. The third kappa shape index (κ3) is 5.85. The van der Waals surface area contributed by atoms with Crippen LogP contribution in [-0.4, -0.2) is 106 Å². The Morgan fingerprint density at radius 3 is 2.10 bits per heavy atom. The molecular weight excluding hydrogens is 527 g/mol. The molecule has 10 nitrogen and oxygen atoms in total. The molecule has 2 aliphatic heterocycles. The Labute approximate surface area is 240 Å². The first-order chi connectivity index (χ1) is 20.0. The molecule has 1 amide bonds. The largest absolute Gasteiger partial charge is 0.493 e. The van der Waals surface area contributed by atoms with Crippen LogP contribution in [0.4, 0.5) is 15.9 Å². The van der Waals surface area contributed by atoms with Crippen molar-refractivity contribution in [2.75, 3.05) is 90.0 Å². The lowest BCUT2D eigenvalue weighted by Crippen LogP contribution is -2.50. The minimum atomic E-state index is -0.241. The normalized spacial score (nSPS) is 16.1. The summed E-state index contributed by atoms with van der Waals surface area (Å²) in [5.41, 5.74) is 1.71. The maximum absolute atomic E-state index is 14.5. The molecule has 2 aliphatic rings. The van der Waals surface area contributed by atoms with Gasteiger partial charge in [0.25, 0.3) is 5.91 Å². The summed E-state index contributed by atoms with van der Waals surface area (Å²) in [7, 11) is 4.67. The maximum atomic E-state index is 14.5. The summed E-state index contributed by atoms with van der Waals surface area (Å²) in [5.74, 6) is 2.13. The molecule has 0 N–H and O–H groups in total. The molecule has 218 valence electrons. The molecule has 3 heterocycles. The van der Waals surface area contributed by atoms with Gasteiger partial charge < -0.3 is 33.8 Å². The number of benzene rings is 2. The van der Waals surface area contributed by atoms with E-state index < -0.39 is 0 Å². The van der Waals surface area contributed by atoms with Gasteiger partial charge in [0.2, 0.25) is 5.75 Å². The number of nitrogens with zero attached hydrogens (tertiary/aromatic N) is 6. The van der Waals surface area contributed by atoms with Crippen molar-refractivity contribution >= 4 is 17.4 Å². The number of rotatable bonds is 8. The van der Waals surface area contributed by atoms with E-state index in [0.29, 0.717) is 85.0 Å². The predicted molar refractivity (Wildman–Crippen MR) is 156 cm³/mol. The number of amides is 1. The van der Waals surface area contributed by atoms with Gasteiger partial charge >= 0.3 is 0 Å². The number of halogens is 1. The van der Waals surface area contributed by atoms with Gasteiger partial charge in [-0.1, -0.05) is 19.1 Å². The Bertz CT molecular complexity index is 1350. The Hall–Kier alpha value is -4.12. The highest BCUT2D eigenvalue weighted by atomic mass is 19.1. The third-order valence-corrected chi connectivity index (χ3v) is 7.80. The van der Waals surface area contributed by atoms with E-state index in [-0.39, 0.29) is 11.7 Å². The molecule has 11 heteroatoms. The zero-order chi connectivity index (χ0) is 28.9. The second-order valence-corrected chi connectivity index (χ2v) is 10.00. The van der Waals surface area contributed by atoms with Gasteiger partial charge in [0, 0.05) is 64.1 Å². The molecule has 0 radical (unpaired) electrons. The Kier molecular flexibility index (Phi) is 8.72. The van der Waals surface area contributed by atoms with Crippen LogP contribution in [0.25, 0.3) is 11.4 Å². The molecule has 2 fully saturated rings. The highest BCUT2D eigenvalue weighted by Gasteiger charge is 2.29. The molecule has 0 spiro atoms. The lowest BCUT2D eigenvalue weighted by atomic mass is 10.1. The highest BCUT2D eigenvalue weighted by Crippen LogP contribution is 2.41. The average Bonchev–Trinajstić information content (AvgIpc) is 3.03. The van der Waals surface area contributed by atoms with Gasteiger partial charge in [0.15, 0.2) is 17.3 Å². The van der Waals surface area contributed by atoms with Crippen molar-refractivity contribution < 1.29 is 23.4 Å². The van der Waals surface area contributed by atoms with Crippen LogP contribution in [0.5, 0.6) is 17.2 Å². The van der Waals surface area contributed by atoms with Crippen molar-refractivity contribution in [3.05, 3.63) is 54.0 Å². The summed E-state index contributed by atoms with van der Waals surface area (Å²) < 4.78 is 31.0. The second-order valence-electron chi connectivity index (χ2n) is 10.00. The van der Waals surface area contributed by atoms with Crippen LogP contribution in [0.3, 0.4) is 0 Å². The quantitative estimate of drug-likeness (QED) is 0.409. The van der Waals surface area contributed by atoms with Crippen LogP contribution in [0.15, 0.2) is 42.6 Å². The number of methoxy groups -OCH3 is 3. The minimum absolute atomic E-state index is 0.0799. The van der Waals surface area contributed by atoms with E-state index in [1.165, 1.54) is 6.07 Å². The summed E-state index contributed by atoms with van der Waals surface area (Å²) in [4.78, 5) is 31.7. The monoisotopic (exact) mass is 564 g/mol. The van der Waals surface area contributed by atoms with E-state index in [4.69, 9.17) is 19.2 Å². The summed E-state index contributed by atoms with van der Waals surface area (Å²) in [6.45, 7) is 8.41. The number of hydrogen-bond donors (Lipinski definition) is 0. The van der Waals surface area contributed by atoms with E-state index in [0.717, 1.165) is 19.6 Å². The number of carbonyl (C=O) groups is 1. The zero-order valence-electron chi connectivity index (χ0n) is 24.1. The number of ether oxygens (including phenoxy) is 3. The van der Waals surface area contributed by atoms with Crippen LogP contribution < -0.4 is 24.0 Å². The third-order valence-electron chi connectivity index (χ3n) is 7.80. The van der Waals surface area contributed by atoms with Crippen LogP contribution >= 0.6 is 0 Å². The van der Waals surface area contributed by atoms with E-state index in [1.807, 2.05) is 15.9 Å². The van der Waals surface area contributed by atoms with Crippen molar-refractivity contribution in [3.8, 4) is 28.6 Å². The molecule has 0 atom stereocenters. The van der Waals surface area contributed by atoms with E-state index in [1.54, 1.807) is 51.8 Å². The van der Waals surface area contributed by atoms with Gasteiger partial charge in [-0.2, -0.15) is 0 Å². The van der Waals surface area contributed by atoms with Gasteiger partial charge in [-0.25, -0.2) is 14.4 Å². The predicted octanol–water partition coefficient (Wildman–Crippen LogP) is 3.41. The van der Waals surface area contributed by atoms with Crippen molar-refractivity contribution in [3.63, 3.8) is 0 Å². The van der Waals surface area contributed by atoms with Crippen LogP contribution in [0, 0.1) is 5.82 Å². The molecule has 0 unspecified atom stereocenters. The maximum Gasteiger partial charge on any atom is 0.259 e. The SMILES string of the molecule is CCN1CCN(C(=O)c2cnc(-c3cc(OC)c(OC)c(OC)c3)nc2N2CCN(c3ccccc3F)CC2)CC1. The number of aromatic nitrogens is 2. The smallest absolute Gasteiger partial charge is 0.259 e. The number of carbonyl (C=O) groups excluding carboxylic acids is 1.